The van der Waals surface area contributed by atoms with Crippen molar-refractivity contribution in [2.24, 2.45) is 0 Å². The molecule has 2 aromatic carbocycles. The molecule has 1 atom stereocenters. The number of benzene rings is 2. The summed E-state index contributed by atoms with van der Waals surface area (Å²) in [5.74, 6) is 0.812. The molecular formula is C28H31ClN6O5. The minimum atomic E-state index is -1.08. The number of furan rings is 1. The maximum atomic E-state index is 13.9. The van der Waals surface area contributed by atoms with Crippen LogP contribution in [0.3, 0.4) is 0 Å². The molecule has 0 spiro atoms. The number of rotatable bonds is 10. The standard InChI is InChI=1S/C28H31ClN6O5/c1-28(2,3)30-27(37)25(22-11-8-14-40-22)34(16-19-9-6-7-10-20(19)29)24(36)17-35-32-26(31-33-35)18-12-13-21(38-4)23(15-18)39-5/h6-15,25H,16-17H2,1-5H3,(H,30,37)/t25-/m0/s1. The van der Waals surface area contributed by atoms with Crippen molar-refractivity contribution in [1.82, 2.24) is 30.4 Å². The molecule has 0 saturated heterocycles. The maximum absolute atomic E-state index is 13.9. The Morgan fingerprint density at radius 2 is 1.82 bits per heavy atom. The van der Waals surface area contributed by atoms with Crippen molar-refractivity contribution < 1.29 is 23.5 Å². The molecule has 4 rings (SSSR count). The Morgan fingerprint density at radius 3 is 2.48 bits per heavy atom. The first-order chi connectivity index (χ1) is 19.1. The third-order valence-electron chi connectivity index (χ3n) is 5.86. The van der Waals surface area contributed by atoms with E-state index in [4.69, 9.17) is 25.5 Å². The molecule has 0 unspecified atom stereocenters. The molecule has 0 radical (unpaired) electrons. The predicted molar refractivity (Wildman–Crippen MR) is 148 cm³/mol. The maximum Gasteiger partial charge on any atom is 0.251 e. The second kappa shape index (κ2) is 12.2. The summed E-state index contributed by atoms with van der Waals surface area (Å²) in [6.45, 7) is 5.33. The predicted octanol–water partition coefficient (Wildman–Crippen LogP) is 4.29. The third-order valence-corrected chi connectivity index (χ3v) is 6.23. The van der Waals surface area contributed by atoms with Crippen LogP contribution in [0.25, 0.3) is 11.4 Å². The van der Waals surface area contributed by atoms with E-state index in [2.05, 4.69) is 20.7 Å². The molecule has 0 aliphatic carbocycles. The van der Waals surface area contributed by atoms with Crippen molar-refractivity contribution in [1.29, 1.82) is 0 Å². The number of aromatic nitrogens is 4. The van der Waals surface area contributed by atoms with Crippen molar-refractivity contribution in [3.63, 3.8) is 0 Å². The van der Waals surface area contributed by atoms with E-state index in [1.165, 1.54) is 23.1 Å². The van der Waals surface area contributed by atoms with Crippen LogP contribution in [-0.2, 0) is 22.7 Å². The van der Waals surface area contributed by atoms with E-state index in [1.807, 2.05) is 26.8 Å². The van der Waals surface area contributed by atoms with E-state index in [9.17, 15) is 9.59 Å². The van der Waals surface area contributed by atoms with Crippen molar-refractivity contribution in [3.05, 3.63) is 77.2 Å². The number of tetrazole rings is 1. The summed E-state index contributed by atoms with van der Waals surface area (Å²) < 4.78 is 16.3. The van der Waals surface area contributed by atoms with Gasteiger partial charge in [-0.25, -0.2) is 0 Å². The molecule has 4 aromatic rings. The van der Waals surface area contributed by atoms with E-state index in [0.717, 1.165) is 0 Å². The zero-order valence-corrected chi connectivity index (χ0v) is 23.7. The van der Waals surface area contributed by atoms with Crippen LogP contribution in [0.2, 0.25) is 5.02 Å². The SMILES string of the molecule is COc1ccc(-c2nnn(CC(=O)N(Cc3ccccc3Cl)[C@H](C(=O)NC(C)(C)C)c3ccco3)n2)cc1OC. The number of nitrogens with zero attached hydrogens (tertiary/aromatic N) is 5. The molecule has 0 saturated carbocycles. The zero-order valence-electron chi connectivity index (χ0n) is 22.9. The molecule has 2 heterocycles. The minimum Gasteiger partial charge on any atom is -0.493 e. The van der Waals surface area contributed by atoms with E-state index in [-0.39, 0.29) is 13.1 Å². The Morgan fingerprint density at radius 1 is 1.07 bits per heavy atom. The lowest BCUT2D eigenvalue weighted by Gasteiger charge is -2.32. The molecular weight excluding hydrogens is 536 g/mol. The van der Waals surface area contributed by atoms with Crippen LogP contribution in [0.5, 0.6) is 11.5 Å². The van der Waals surface area contributed by atoms with Gasteiger partial charge in [-0.05, 0) is 67.9 Å². The number of carbonyl (C=O) groups excluding carboxylic acids is 2. The van der Waals surface area contributed by atoms with Gasteiger partial charge in [0.1, 0.15) is 12.3 Å². The highest BCUT2D eigenvalue weighted by Gasteiger charge is 2.36. The van der Waals surface area contributed by atoms with Gasteiger partial charge in [-0.1, -0.05) is 29.8 Å². The molecule has 0 aliphatic rings. The van der Waals surface area contributed by atoms with Gasteiger partial charge < -0.3 is 24.1 Å². The molecule has 12 heteroatoms. The topological polar surface area (TPSA) is 125 Å². The first-order valence-electron chi connectivity index (χ1n) is 12.5. The van der Waals surface area contributed by atoms with Crippen LogP contribution < -0.4 is 14.8 Å². The number of nitrogens with one attached hydrogen (secondary N) is 1. The third kappa shape index (κ3) is 6.78. The summed E-state index contributed by atoms with van der Waals surface area (Å²) >= 11 is 6.45. The van der Waals surface area contributed by atoms with Gasteiger partial charge in [0.25, 0.3) is 5.91 Å². The van der Waals surface area contributed by atoms with E-state index in [1.54, 1.807) is 55.6 Å². The number of halogens is 1. The summed E-state index contributed by atoms with van der Waals surface area (Å²) in [5, 5.41) is 16.0. The molecule has 1 N–H and O–H groups in total. The minimum absolute atomic E-state index is 0.0403. The Hall–Kier alpha value is -4.38. The van der Waals surface area contributed by atoms with Gasteiger partial charge in [0.05, 0.1) is 20.5 Å². The molecule has 40 heavy (non-hydrogen) atoms. The molecule has 0 aliphatic heterocycles. The summed E-state index contributed by atoms with van der Waals surface area (Å²) in [7, 11) is 3.08. The fourth-order valence-corrected chi connectivity index (χ4v) is 4.25. The Balaban J connectivity index is 1.67. The second-order valence-corrected chi connectivity index (χ2v) is 10.4. The van der Waals surface area contributed by atoms with Crippen molar-refractivity contribution >= 4 is 23.4 Å². The van der Waals surface area contributed by atoms with Gasteiger partial charge in [-0.15, -0.1) is 10.2 Å². The van der Waals surface area contributed by atoms with Gasteiger partial charge >= 0.3 is 0 Å². The van der Waals surface area contributed by atoms with Gasteiger partial charge in [0.15, 0.2) is 17.5 Å². The molecule has 2 aromatic heterocycles. The monoisotopic (exact) mass is 566 g/mol. The van der Waals surface area contributed by atoms with Crippen LogP contribution in [0.15, 0.2) is 65.3 Å². The molecule has 0 bridgehead atoms. The summed E-state index contributed by atoms with van der Waals surface area (Å²) in [6.07, 6.45) is 1.46. The fourth-order valence-electron chi connectivity index (χ4n) is 4.06. The number of amides is 2. The van der Waals surface area contributed by atoms with Crippen LogP contribution in [0, 0.1) is 0 Å². The van der Waals surface area contributed by atoms with Crippen LogP contribution in [0.1, 0.15) is 38.1 Å². The van der Waals surface area contributed by atoms with Crippen molar-refractivity contribution in [2.75, 3.05) is 14.2 Å². The Labute approximate surface area is 237 Å². The molecule has 0 fully saturated rings. The highest BCUT2D eigenvalue weighted by Crippen LogP contribution is 2.31. The average molecular weight is 567 g/mol. The van der Waals surface area contributed by atoms with Gasteiger partial charge in [-0.3, -0.25) is 9.59 Å². The largest absolute Gasteiger partial charge is 0.493 e. The highest BCUT2D eigenvalue weighted by molar-refractivity contribution is 6.31. The van der Waals surface area contributed by atoms with Crippen LogP contribution in [-0.4, -0.2) is 56.7 Å². The van der Waals surface area contributed by atoms with Crippen molar-refractivity contribution in [2.45, 2.75) is 45.4 Å². The smallest absolute Gasteiger partial charge is 0.251 e. The fraction of sp³-hybridized carbons (Fsp3) is 0.321. The van der Waals surface area contributed by atoms with Crippen LogP contribution in [0.4, 0.5) is 0 Å². The van der Waals surface area contributed by atoms with E-state index < -0.39 is 23.4 Å². The first kappa shape index (κ1) is 28.6. The highest BCUT2D eigenvalue weighted by atomic mass is 35.5. The summed E-state index contributed by atoms with van der Waals surface area (Å²) in [6, 6.07) is 14.6. The van der Waals surface area contributed by atoms with Gasteiger partial charge in [0.2, 0.25) is 11.7 Å². The zero-order chi connectivity index (χ0) is 28.9. The van der Waals surface area contributed by atoms with Crippen molar-refractivity contribution in [3.8, 4) is 22.9 Å². The van der Waals surface area contributed by atoms with E-state index >= 15 is 0 Å². The lowest BCUT2D eigenvalue weighted by atomic mass is 10.1. The number of hydrogen-bond acceptors (Lipinski definition) is 8. The number of hydrogen-bond donors (Lipinski definition) is 1. The quantitative estimate of drug-likeness (QED) is 0.301. The van der Waals surface area contributed by atoms with Gasteiger partial charge in [-0.2, -0.15) is 4.80 Å². The lowest BCUT2D eigenvalue weighted by Crippen LogP contribution is -2.49. The molecule has 210 valence electrons. The number of carbonyl (C=O) groups is 2. The Kier molecular flexibility index (Phi) is 8.73. The van der Waals surface area contributed by atoms with Crippen LogP contribution >= 0.6 is 11.6 Å². The van der Waals surface area contributed by atoms with E-state index in [0.29, 0.717) is 39.2 Å². The lowest BCUT2D eigenvalue weighted by molar-refractivity contribution is -0.143. The Bertz CT molecular complexity index is 1460. The number of ether oxygens (including phenoxy) is 2. The molecule has 11 nitrogen and oxygen atoms in total. The summed E-state index contributed by atoms with van der Waals surface area (Å²) in [5.41, 5.74) is 0.737. The summed E-state index contributed by atoms with van der Waals surface area (Å²) in [4.78, 5) is 30.0. The number of methoxy groups -OCH3 is 2. The normalized spacial score (nSPS) is 12.1. The van der Waals surface area contributed by atoms with Gasteiger partial charge in [0, 0.05) is 22.7 Å². The first-order valence-corrected chi connectivity index (χ1v) is 12.9. The molecule has 2 amide bonds. The average Bonchev–Trinajstić information content (AvgIpc) is 3.61. The second-order valence-electron chi connectivity index (χ2n) is 9.98.